The normalized spacial score (nSPS) is 11.9. The van der Waals surface area contributed by atoms with Crippen LogP contribution in [0.3, 0.4) is 0 Å². The van der Waals surface area contributed by atoms with E-state index >= 15 is 0 Å². The number of rotatable bonds is 7. The first-order chi connectivity index (χ1) is 14.2. The molecule has 156 valence electrons. The molecule has 1 atom stereocenters. The van der Waals surface area contributed by atoms with Crippen molar-refractivity contribution in [3.8, 4) is 11.3 Å². The van der Waals surface area contributed by atoms with E-state index in [1.807, 2.05) is 13.8 Å². The molecule has 0 spiro atoms. The fraction of sp³-hybridized carbons (Fsp3) is 0.200. The van der Waals surface area contributed by atoms with Gasteiger partial charge in [-0.15, -0.1) is 11.3 Å². The van der Waals surface area contributed by atoms with Gasteiger partial charge in [0.25, 0.3) is 11.8 Å². The molecule has 1 aromatic carbocycles. The number of amides is 3. The second-order valence-corrected chi connectivity index (χ2v) is 8.67. The number of primary amides is 1. The Balaban J connectivity index is 1.69. The van der Waals surface area contributed by atoms with Crippen molar-refractivity contribution in [2.75, 3.05) is 5.32 Å². The Labute approximate surface area is 185 Å². The zero-order valence-corrected chi connectivity index (χ0v) is 18.6. The highest BCUT2D eigenvalue weighted by Crippen LogP contribution is 2.25. The van der Waals surface area contributed by atoms with Crippen LogP contribution in [0.25, 0.3) is 11.3 Å². The molecule has 0 unspecified atom stereocenters. The lowest BCUT2D eigenvalue weighted by Crippen LogP contribution is -2.47. The molecule has 0 aliphatic rings. The molecule has 0 radical (unpaired) electrons. The highest BCUT2D eigenvalue weighted by molar-refractivity contribution is 9.10. The summed E-state index contributed by atoms with van der Waals surface area (Å²) in [6.45, 7) is 3.70. The summed E-state index contributed by atoms with van der Waals surface area (Å²) in [6.07, 6.45) is 1.62. The Hall–Kier alpha value is -2.98. The molecule has 0 aliphatic carbocycles. The zero-order valence-electron chi connectivity index (χ0n) is 16.2. The van der Waals surface area contributed by atoms with Gasteiger partial charge < -0.3 is 21.4 Å². The minimum Gasteiger partial charge on any atom is -0.364 e. The number of carbonyl (C=O) groups is 3. The first-order valence-corrected chi connectivity index (χ1v) is 10.7. The van der Waals surface area contributed by atoms with E-state index in [4.69, 9.17) is 5.73 Å². The van der Waals surface area contributed by atoms with E-state index in [-0.39, 0.29) is 23.4 Å². The van der Waals surface area contributed by atoms with Crippen molar-refractivity contribution in [1.82, 2.24) is 15.3 Å². The Morgan fingerprint density at radius 3 is 2.50 bits per heavy atom. The molecule has 2 heterocycles. The number of anilines is 1. The van der Waals surface area contributed by atoms with Crippen LogP contribution < -0.4 is 16.4 Å². The van der Waals surface area contributed by atoms with Gasteiger partial charge in [-0.3, -0.25) is 14.4 Å². The van der Waals surface area contributed by atoms with E-state index in [1.165, 1.54) is 11.3 Å². The summed E-state index contributed by atoms with van der Waals surface area (Å²) in [4.78, 5) is 43.7. The van der Waals surface area contributed by atoms with Crippen LogP contribution >= 0.6 is 27.3 Å². The lowest BCUT2D eigenvalue weighted by Gasteiger charge is -2.21. The summed E-state index contributed by atoms with van der Waals surface area (Å²) >= 11 is 4.57. The number of aromatic amines is 1. The molecule has 5 N–H and O–H groups in total. The third kappa shape index (κ3) is 5.14. The summed E-state index contributed by atoms with van der Waals surface area (Å²) in [5, 5.41) is 7.68. The molecule has 0 saturated carbocycles. The molecule has 3 aromatic rings. The number of carbonyl (C=O) groups excluding carboxylic acids is 3. The number of hydrogen-bond acceptors (Lipinski definition) is 5. The number of nitrogens with two attached hydrogens (primary N) is 1. The van der Waals surface area contributed by atoms with E-state index in [1.54, 1.807) is 41.9 Å². The average molecular weight is 490 g/mol. The molecular formula is C20H20BrN5O3S. The maximum atomic E-state index is 12.8. The lowest BCUT2D eigenvalue weighted by molar-refractivity contribution is -0.118. The fourth-order valence-corrected chi connectivity index (χ4v) is 3.68. The number of benzene rings is 1. The third-order valence-corrected chi connectivity index (χ3v) is 5.61. The number of hydrogen-bond donors (Lipinski definition) is 4. The second-order valence-electron chi connectivity index (χ2n) is 6.90. The van der Waals surface area contributed by atoms with E-state index in [0.717, 1.165) is 4.47 Å². The summed E-state index contributed by atoms with van der Waals surface area (Å²) in [7, 11) is 0. The van der Waals surface area contributed by atoms with Crippen LogP contribution in [-0.2, 0) is 4.79 Å². The third-order valence-electron chi connectivity index (χ3n) is 4.32. The lowest BCUT2D eigenvalue weighted by atomic mass is 10.0. The number of nitrogens with zero attached hydrogens (tertiary/aromatic N) is 1. The van der Waals surface area contributed by atoms with Crippen LogP contribution in [0, 0.1) is 5.92 Å². The van der Waals surface area contributed by atoms with Gasteiger partial charge in [0.05, 0.1) is 5.69 Å². The van der Waals surface area contributed by atoms with Gasteiger partial charge in [0.2, 0.25) is 5.91 Å². The van der Waals surface area contributed by atoms with Crippen LogP contribution in [0.5, 0.6) is 0 Å². The maximum absolute atomic E-state index is 12.8. The van der Waals surface area contributed by atoms with Crippen molar-refractivity contribution in [3.63, 3.8) is 0 Å². The van der Waals surface area contributed by atoms with E-state index in [9.17, 15) is 14.4 Å². The van der Waals surface area contributed by atoms with E-state index in [0.29, 0.717) is 22.0 Å². The summed E-state index contributed by atoms with van der Waals surface area (Å²) in [5.74, 6) is -1.39. The Morgan fingerprint density at radius 1 is 1.20 bits per heavy atom. The van der Waals surface area contributed by atoms with Crippen LogP contribution in [0.15, 0.2) is 46.4 Å². The van der Waals surface area contributed by atoms with Gasteiger partial charge in [-0.25, -0.2) is 4.98 Å². The van der Waals surface area contributed by atoms with Gasteiger partial charge in [0.1, 0.15) is 11.7 Å². The van der Waals surface area contributed by atoms with Gasteiger partial charge in [0.15, 0.2) is 5.13 Å². The highest BCUT2D eigenvalue weighted by Gasteiger charge is 2.25. The molecular weight excluding hydrogens is 470 g/mol. The minimum absolute atomic E-state index is 0.133. The van der Waals surface area contributed by atoms with Crippen molar-refractivity contribution >= 4 is 50.1 Å². The molecule has 10 heteroatoms. The van der Waals surface area contributed by atoms with E-state index in [2.05, 4.69) is 36.5 Å². The molecule has 0 fully saturated rings. The van der Waals surface area contributed by atoms with Gasteiger partial charge in [-0.2, -0.15) is 0 Å². The maximum Gasteiger partial charge on any atom is 0.265 e. The quantitative estimate of drug-likeness (QED) is 0.405. The van der Waals surface area contributed by atoms with Gasteiger partial charge in [-0.05, 0) is 36.2 Å². The molecule has 8 nitrogen and oxygen atoms in total. The second kappa shape index (κ2) is 9.23. The monoisotopic (exact) mass is 489 g/mol. The first-order valence-electron chi connectivity index (χ1n) is 9.06. The Kier molecular flexibility index (Phi) is 6.68. The van der Waals surface area contributed by atoms with Crippen molar-refractivity contribution in [2.45, 2.75) is 19.9 Å². The smallest absolute Gasteiger partial charge is 0.265 e. The number of nitrogens with one attached hydrogen (secondary N) is 3. The largest absolute Gasteiger partial charge is 0.364 e. The zero-order chi connectivity index (χ0) is 21.8. The molecule has 3 rings (SSSR count). The number of aromatic nitrogens is 2. The van der Waals surface area contributed by atoms with Crippen LogP contribution in [0.4, 0.5) is 5.13 Å². The highest BCUT2D eigenvalue weighted by atomic mass is 79.9. The minimum atomic E-state index is -0.734. The summed E-state index contributed by atoms with van der Waals surface area (Å²) in [5.41, 5.74) is 7.27. The number of halogens is 1. The predicted molar refractivity (Wildman–Crippen MR) is 119 cm³/mol. The van der Waals surface area contributed by atoms with Crippen LogP contribution in [0.1, 0.15) is 34.7 Å². The van der Waals surface area contributed by atoms with Crippen molar-refractivity contribution in [3.05, 3.63) is 57.6 Å². The fourth-order valence-electron chi connectivity index (χ4n) is 2.69. The van der Waals surface area contributed by atoms with Crippen molar-refractivity contribution in [1.29, 1.82) is 0 Å². The molecule has 0 aliphatic heterocycles. The Morgan fingerprint density at radius 2 is 1.90 bits per heavy atom. The molecule has 2 aromatic heterocycles. The molecule has 30 heavy (non-hydrogen) atoms. The molecule has 3 amide bonds. The summed E-state index contributed by atoms with van der Waals surface area (Å²) in [6, 6.07) is 7.75. The van der Waals surface area contributed by atoms with Crippen molar-refractivity contribution in [2.24, 2.45) is 11.7 Å². The van der Waals surface area contributed by atoms with Crippen LogP contribution in [-0.4, -0.2) is 33.7 Å². The SMILES string of the molecule is CC(C)[C@@H](NC(=O)c1ccc(Br)cc1)C(=O)Nc1nc(-c2c[nH]c(C(N)=O)c2)cs1. The van der Waals surface area contributed by atoms with Gasteiger partial charge >= 0.3 is 0 Å². The molecule has 0 bridgehead atoms. The topological polar surface area (TPSA) is 130 Å². The van der Waals surface area contributed by atoms with Gasteiger partial charge in [-0.1, -0.05) is 29.8 Å². The average Bonchev–Trinajstić information content (AvgIpc) is 3.35. The first kappa shape index (κ1) is 21.7. The number of thiazole rings is 1. The van der Waals surface area contributed by atoms with Crippen LogP contribution in [0.2, 0.25) is 0 Å². The van der Waals surface area contributed by atoms with Crippen molar-refractivity contribution < 1.29 is 14.4 Å². The molecule has 0 saturated heterocycles. The number of H-pyrrole nitrogens is 1. The van der Waals surface area contributed by atoms with E-state index < -0.39 is 11.9 Å². The van der Waals surface area contributed by atoms with Gasteiger partial charge in [0, 0.05) is 27.2 Å². The Bertz CT molecular complexity index is 1070. The predicted octanol–water partition coefficient (Wildman–Crippen LogP) is 3.39. The standard InChI is InChI=1S/C20H20BrN5O3S/c1-10(2)16(25-18(28)11-3-5-13(21)6-4-11)19(29)26-20-24-15(9-30-20)12-7-14(17(22)27)23-8-12/h3-10,16,23H,1-2H3,(H2,22,27)(H,25,28)(H,24,26,29)/t16-/m1/s1. The summed E-state index contributed by atoms with van der Waals surface area (Å²) < 4.78 is 0.863.